The summed E-state index contributed by atoms with van der Waals surface area (Å²) >= 11 is 0. The zero-order valence-corrected chi connectivity index (χ0v) is 22.4. The molecule has 0 radical (unpaired) electrons. The number of fused-ring (bicyclic) bond motifs is 4. The van der Waals surface area contributed by atoms with Crippen LogP contribution >= 0.6 is 0 Å². The van der Waals surface area contributed by atoms with E-state index in [1.54, 1.807) is 48.5 Å². The standard InChI is InChI=1S/C28H33F3N4O5/c1-16(2)10-22-26(38)35-23(25(37)32-15-28(29,30)31)13-18-6-4-8-20(11-18)40-21-9-5-7-19(12-21)14-24(27(39)34-22)33-17(3)36/h4-9,11-12,16,22-24H,10,13-15H2,1-3H3,(H,32,37)(H,33,36)(H,34,39)(H,35,38)/t22-,23-,24?/m0/s1. The molecule has 4 bridgehead atoms. The van der Waals surface area contributed by atoms with Gasteiger partial charge in [-0.05, 0) is 47.7 Å². The minimum absolute atomic E-state index is 0.0659. The molecule has 0 aromatic heterocycles. The van der Waals surface area contributed by atoms with Crippen LogP contribution in [-0.4, -0.2) is 54.5 Å². The predicted octanol–water partition coefficient (Wildman–Crippen LogP) is 2.78. The summed E-state index contributed by atoms with van der Waals surface area (Å²) in [5.41, 5.74) is 1.23. The molecule has 1 aliphatic rings. The fraction of sp³-hybridized carbons (Fsp3) is 0.429. The van der Waals surface area contributed by atoms with Crippen molar-refractivity contribution in [3.63, 3.8) is 0 Å². The van der Waals surface area contributed by atoms with Crippen LogP contribution in [0.5, 0.6) is 11.5 Å². The summed E-state index contributed by atoms with van der Waals surface area (Å²) in [6.45, 7) is 3.35. The van der Waals surface area contributed by atoms with Gasteiger partial charge in [0.1, 0.15) is 36.2 Å². The van der Waals surface area contributed by atoms with Gasteiger partial charge in [0.05, 0.1) is 0 Å². The summed E-state index contributed by atoms with van der Waals surface area (Å²) in [5, 5.41) is 9.60. The minimum atomic E-state index is -4.65. The van der Waals surface area contributed by atoms with Crippen molar-refractivity contribution < 1.29 is 37.1 Å². The molecule has 1 aliphatic heterocycles. The molecule has 3 rings (SSSR count). The summed E-state index contributed by atoms with van der Waals surface area (Å²) in [7, 11) is 0. The molecule has 0 spiro atoms. The molecule has 0 saturated carbocycles. The van der Waals surface area contributed by atoms with Crippen molar-refractivity contribution in [2.75, 3.05) is 6.54 Å². The third-order valence-electron chi connectivity index (χ3n) is 6.04. The van der Waals surface area contributed by atoms with Crippen molar-refractivity contribution >= 4 is 23.6 Å². The lowest BCUT2D eigenvalue weighted by Gasteiger charge is -2.26. The first kappa shape index (κ1) is 30.5. The fourth-order valence-electron chi connectivity index (χ4n) is 4.30. The number of amides is 4. The first-order chi connectivity index (χ1) is 18.8. The Labute approximate surface area is 230 Å². The van der Waals surface area contributed by atoms with Crippen molar-refractivity contribution in [1.29, 1.82) is 0 Å². The highest BCUT2D eigenvalue weighted by molar-refractivity contribution is 5.94. The normalized spacial score (nSPS) is 20.1. The van der Waals surface area contributed by atoms with Gasteiger partial charge in [0.25, 0.3) is 0 Å². The Morgan fingerprint density at radius 3 is 2.12 bits per heavy atom. The van der Waals surface area contributed by atoms with Gasteiger partial charge in [-0.3, -0.25) is 19.2 Å². The molecule has 3 atom stereocenters. The monoisotopic (exact) mass is 562 g/mol. The number of carbonyl (C=O) groups is 4. The van der Waals surface area contributed by atoms with Crippen molar-refractivity contribution in [2.24, 2.45) is 5.92 Å². The lowest BCUT2D eigenvalue weighted by Crippen LogP contribution is -2.58. The van der Waals surface area contributed by atoms with E-state index in [0.29, 0.717) is 22.6 Å². The summed E-state index contributed by atoms with van der Waals surface area (Å²) in [4.78, 5) is 51.4. The molecule has 216 valence electrons. The Kier molecular flexibility index (Phi) is 10.1. The topological polar surface area (TPSA) is 126 Å². The summed E-state index contributed by atoms with van der Waals surface area (Å²) in [5.74, 6) is -2.06. The van der Waals surface area contributed by atoms with E-state index in [1.807, 2.05) is 19.2 Å². The van der Waals surface area contributed by atoms with Gasteiger partial charge in [-0.2, -0.15) is 13.2 Å². The number of rotatable bonds is 5. The Morgan fingerprint density at radius 2 is 1.57 bits per heavy atom. The zero-order valence-electron chi connectivity index (χ0n) is 22.4. The van der Waals surface area contributed by atoms with Crippen LogP contribution in [0, 0.1) is 5.92 Å². The average molecular weight is 563 g/mol. The van der Waals surface area contributed by atoms with Crippen LogP contribution in [0.4, 0.5) is 13.2 Å². The highest BCUT2D eigenvalue weighted by Crippen LogP contribution is 2.25. The molecule has 12 heteroatoms. The van der Waals surface area contributed by atoms with E-state index >= 15 is 0 Å². The van der Waals surface area contributed by atoms with Crippen LogP contribution in [0.1, 0.15) is 38.3 Å². The minimum Gasteiger partial charge on any atom is -0.457 e. The maximum absolute atomic E-state index is 13.4. The second kappa shape index (κ2) is 13.3. The van der Waals surface area contributed by atoms with Crippen LogP contribution in [0.3, 0.4) is 0 Å². The Morgan fingerprint density at radius 1 is 0.975 bits per heavy atom. The number of ether oxygens (including phenoxy) is 1. The van der Waals surface area contributed by atoms with Gasteiger partial charge >= 0.3 is 6.18 Å². The second-order valence-corrected chi connectivity index (χ2v) is 10.1. The van der Waals surface area contributed by atoms with Gasteiger partial charge in [-0.15, -0.1) is 0 Å². The first-order valence-corrected chi connectivity index (χ1v) is 12.9. The molecule has 1 heterocycles. The van der Waals surface area contributed by atoms with Gasteiger partial charge in [-0.1, -0.05) is 38.1 Å². The number of alkyl halides is 3. The van der Waals surface area contributed by atoms with Crippen LogP contribution < -0.4 is 26.0 Å². The van der Waals surface area contributed by atoms with Crippen LogP contribution in [0.2, 0.25) is 0 Å². The molecule has 2 aromatic rings. The zero-order chi connectivity index (χ0) is 29.4. The van der Waals surface area contributed by atoms with Gasteiger partial charge in [0, 0.05) is 19.8 Å². The third kappa shape index (κ3) is 9.58. The molecule has 40 heavy (non-hydrogen) atoms. The smallest absolute Gasteiger partial charge is 0.405 e. The van der Waals surface area contributed by atoms with Crippen molar-refractivity contribution in [3.05, 3.63) is 59.7 Å². The molecule has 2 aromatic carbocycles. The van der Waals surface area contributed by atoms with Gasteiger partial charge in [-0.25, -0.2) is 0 Å². The lowest BCUT2D eigenvalue weighted by atomic mass is 9.99. The Bertz CT molecular complexity index is 1230. The van der Waals surface area contributed by atoms with Gasteiger partial charge < -0.3 is 26.0 Å². The molecule has 9 nitrogen and oxygen atoms in total. The quantitative estimate of drug-likeness (QED) is 0.446. The number of nitrogens with one attached hydrogen (secondary N) is 4. The van der Waals surface area contributed by atoms with Gasteiger partial charge in [0.2, 0.25) is 23.6 Å². The molecule has 0 fully saturated rings. The molecular weight excluding hydrogens is 529 g/mol. The molecule has 4 N–H and O–H groups in total. The highest BCUT2D eigenvalue weighted by Gasteiger charge is 2.33. The number of hydrogen-bond donors (Lipinski definition) is 4. The predicted molar refractivity (Wildman–Crippen MR) is 140 cm³/mol. The van der Waals surface area contributed by atoms with E-state index in [4.69, 9.17) is 4.74 Å². The van der Waals surface area contributed by atoms with E-state index < -0.39 is 54.5 Å². The number of benzene rings is 2. The first-order valence-electron chi connectivity index (χ1n) is 12.9. The van der Waals surface area contributed by atoms with E-state index in [1.165, 1.54) is 6.92 Å². The number of hydrogen-bond acceptors (Lipinski definition) is 5. The molecule has 0 aliphatic carbocycles. The largest absolute Gasteiger partial charge is 0.457 e. The third-order valence-corrected chi connectivity index (χ3v) is 6.04. The SMILES string of the molecule is CC(=O)NC1Cc2cccc(c2)Oc2cccc(c2)C[C@@H](C(=O)NCC(F)(F)F)NC(=O)[C@H](CC(C)C)NC1=O. The van der Waals surface area contributed by atoms with E-state index in [-0.39, 0.29) is 25.2 Å². The fourth-order valence-corrected chi connectivity index (χ4v) is 4.30. The average Bonchev–Trinajstić information content (AvgIpc) is 2.85. The van der Waals surface area contributed by atoms with Crippen LogP contribution in [-0.2, 0) is 32.0 Å². The second-order valence-electron chi connectivity index (χ2n) is 10.1. The lowest BCUT2D eigenvalue weighted by molar-refractivity contribution is -0.141. The van der Waals surface area contributed by atoms with E-state index in [9.17, 15) is 32.3 Å². The molecule has 1 unspecified atom stereocenters. The van der Waals surface area contributed by atoms with Crippen molar-refractivity contribution in [3.8, 4) is 11.5 Å². The Hall–Kier alpha value is -4.09. The maximum Gasteiger partial charge on any atom is 0.405 e. The summed E-state index contributed by atoms with van der Waals surface area (Å²) < 4.78 is 44.4. The molecule has 4 amide bonds. The highest BCUT2D eigenvalue weighted by atomic mass is 19.4. The van der Waals surface area contributed by atoms with E-state index in [0.717, 1.165) is 0 Å². The van der Waals surface area contributed by atoms with Crippen molar-refractivity contribution in [2.45, 2.75) is 64.3 Å². The molecule has 0 saturated heterocycles. The maximum atomic E-state index is 13.4. The number of carbonyl (C=O) groups excluding carboxylic acids is 4. The summed E-state index contributed by atoms with van der Waals surface area (Å²) in [6, 6.07) is 10.0. The molecular formula is C28H33F3N4O5. The summed E-state index contributed by atoms with van der Waals surface area (Å²) in [6.07, 6.45) is -4.50. The van der Waals surface area contributed by atoms with E-state index in [2.05, 4.69) is 16.0 Å². The van der Waals surface area contributed by atoms with Crippen LogP contribution in [0.15, 0.2) is 48.5 Å². The van der Waals surface area contributed by atoms with Gasteiger partial charge in [0.15, 0.2) is 0 Å². The van der Waals surface area contributed by atoms with Crippen LogP contribution in [0.25, 0.3) is 0 Å². The number of halogens is 3. The van der Waals surface area contributed by atoms with Crippen molar-refractivity contribution in [1.82, 2.24) is 21.3 Å². The Balaban J connectivity index is 2.03.